The van der Waals surface area contributed by atoms with Gasteiger partial charge in [-0.25, -0.2) is 0 Å². The molecule has 1 rings (SSSR count). The number of hydrogen-bond donors (Lipinski definition) is 2. The van der Waals surface area contributed by atoms with Crippen LogP contribution in [0.1, 0.15) is 23.7 Å². The summed E-state index contributed by atoms with van der Waals surface area (Å²) in [5.74, 6) is -0.662. The van der Waals surface area contributed by atoms with Crippen LogP contribution in [0.4, 0.5) is 0 Å². The second-order valence-electron chi connectivity index (χ2n) is 4.26. The summed E-state index contributed by atoms with van der Waals surface area (Å²) in [6.07, 6.45) is 0.0273. The van der Waals surface area contributed by atoms with Crippen molar-refractivity contribution in [1.29, 1.82) is 0 Å². The van der Waals surface area contributed by atoms with Gasteiger partial charge in [0.1, 0.15) is 5.75 Å². The van der Waals surface area contributed by atoms with Gasteiger partial charge in [0.25, 0.3) is 5.91 Å². The molecule has 1 aromatic rings. The summed E-state index contributed by atoms with van der Waals surface area (Å²) >= 11 is 3.30. The van der Waals surface area contributed by atoms with Crippen LogP contribution in [0.2, 0.25) is 0 Å². The van der Waals surface area contributed by atoms with Crippen LogP contribution < -0.4 is 10.1 Å². The molecule has 0 fully saturated rings. The highest BCUT2D eigenvalue weighted by atomic mass is 79.9. The summed E-state index contributed by atoms with van der Waals surface area (Å²) in [7, 11) is 1.53. The van der Waals surface area contributed by atoms with Gasteiger partial charge in [-0.2, -0.15) is 0 Å². The molecule has 19 heavy (non-hydrogen) atoms. The molecule has 1 atom stereocenters. The Kier molecular flexibility index (Phi) is 5.82. The number of nitrogens with one attached hydrogen (secondary N) is 1. The Hall–Kier alpha value is -1.56. The maximum Gasteiger partial charge on any atom is 0.303 e. The number of methoxy groups -OCH3 is 1. The maximum absolute atomic E-state index is 12.0. The number of ether oxygens (including phenoxy) is 1. The van der Waals surface area contributed by atoms with Crippen molar-refractivity contribution in [1.82, 2.24) is 5.32 Å². The minimum Gasteiger partial charge on any atom is -0.497 e. The van der Waals surface area contributed by atoms with E-state index in [1.165, 1.54) is 7.11 Å². The molecule has 1 aromatic carbocycles. The Balaban J connectivity index is 2.65. The molecule has 0 aliphatic carbocycles. The number of halogens is 1. The number of benzene rings is 1. The summed E-state index contributed by atoms with van der Waals surface area (Å²) < 4.78 is 5.72. The van der Waals surface area contributed by atoms with E-state index in [-0.39, 0.29) is 18.2 Å². The van der Waals surface area contributed by atoms with Crippen molar-refractivity contribution in [3.8, 4) is 5.75 Å². The van der Waals surface area contributed by atoms with Gasteiger partial charge < -0.3 is 15.2 Å². The first-order valence-electron chi connectivity index (χ1n) is 5.77. The Bertz CT molecular complexity index is 476. The normalized spacial score (nSPS) is 11.7. The third-order valence-corrected chi connectivity index (χ3v) is 3.24. The molecule has 2 N–H and O–H groups in total. The van der Waals surface area contributed by atoms with Gasteiger partial charge in [0.15, 0.2) is 0 Å². The fourth-order valence-corrected chi connectivity index (χ4v) is 1.96. The molecule has 0 radical (unpaired) electrons. The van der Waals surface area contributed by atoms with Crippen molar-refractivity contribution in [2.45, 2.75) is 13.3 Å². The van der Waals surface area contributed by atoms with E-state index in [9.17, 15) is 9.59 Å². The van der Waals surface area contributed by atoms with E-state index in [0.29, 0.717) is 22.3 Å². The quantitative estimate of drug-likeness (QED) is 0.839. The van der Waals surface area contributed by atoms with E-state index in [1.54, 1.807) is 25.1 Å². The van der Waals surface area contributed by atoms with E-state index >= 15 is 0 Å². The van der Waals surface area contributed by atoms with E-state index < -0.39 is 5.97 Å². The van der Waals surface area contributed by atoms with Crippen molar-refractivity contribution < 1.29 is 19.4 Å². The summed E-state index contributed by atoms with van der Waals surface area (Å²) in [6.45, 7) is 2.09. The molecule has 0 saturated heterocycles. The van der Waals surface area contributed by atoms with Crippen molar-refractivity contribution in [2.75, 3.05) is 13.7 Å². The topological polar surface area (TPSA) is 75.6 Å². The van der Waals surface area contributed by atoms with E-state index in [4.69, 9.17) is 9.84 Å². The Morgan fingerprint density at radius 3 is 2.74 bits per heavy atom. The van der Waals surface area contributed by atoms with Crippen LogP contribution in [0.15, 0.2) is 22.7 Å². The number of aliphatic carboxylic acids is 1. The molecule has 104 valence electrons. The third kappa shape index (κ3) is 4.90. The molecule has 0 aliphatic heterocycles. The molecule has 0 aliphatic rings. The molecule has 0 bridgehead atoms. The first-order valence-corrected chi connectivity index (χ1v) is 6.57. The molecule has 0 heterocycles. The van der Waals surface area contributed by atoms with Crippen LogP contribution in [0, 0.1) is 5.92 Å². The molecular formula is C13H16BrNO4. The smallest absolute Gasteiger partial charge is 0.303 e. The van der Waals surface area contributed by atoms with Crippen LogP contribution in [0.5, 0.6) is 5.75 Å². The zero-order valence-corrected chi connectivity index (χ0v) is 12.4. The van der Waals surface area contributed by atoms with Crippen molar-refractivity contribution in [3.05, 3.63) is 28.2 Å². The first-order chi connectivity index (χ1) is 8.93. The molecular weight excluding hydrogens is 314 g/mol. The Morgan fingerprint density at radius 1 is 1.47 bits per heavy atom. The van der Waals surface area contributed by atoms with E-state index in [0.717, 1.165) is 0 Å². The van der Waals surface area contributed by atoms with Gasteiger partial charge in [0, 0.05) is 17.4 Å². The number of hydrogen-bond acceptors (Lipinski definition) is 3. The molecule has 0 spiro atoms. The van der Waals surface area contributed by atoms with Gasteiger partial charge in [-0.15, -0.1) is 0 Å². The molecule has 6 heteroatoms. The lowest BCUT2D eigenvalue weighted by Crippen LogP contribution is -2.29. The van der Waals surface area contributed by atoms with Crippen molar-refractivity contribution in [2.24, 2.45) is 5.92 Å². The van der Waals surface area contributed by atoms with Gasteiger partial charge in [-0.1, -0.05) is 6.92 Å². The zero-order valence-electron chi connectivity index (χ0n) is 10.8. The number of carboxylic acids is 1. The van der Waals surface area contributed by atoms with Gasteiger partial charge in [0.05, 0.1) is 12.7 Å². The Labute approximate surface area is 120 Å². The Morgan fingerprint density at radius 2 is 2.16 bits per heavy atom. The van der Waals surface area contributed by atoms with Crippen LogP contribution in [-0.2, 0) is 4.79 Å². The zero-order chi connectivity index (χ0) is 14.4. The van der Waals surface area contributed by atoms with E-state index in [1.807, 2.05) is 0 Å². The molecule has 0 saturated carbocycles. The highest BCUT2D eigenvalue weighted by Gasteiger charge is 2.13. The van der Waals surface area contributed by atoms with Crippen LogP contribution >= 0.6 is 15.9 Å². The van der Waals surface area contributed by atoms with Crippen molar-refractivity contribution in [3.63, 3.8) is 0 Å². The predicted molar refractivity (Wildman–Crippen MR) is 74.4 cm³/mol. The highest BCUT2D eigenvalue weighted by Crippen LogP contribution is 2.22. The van der Waals surface area contributed by atoms with Gasteiger partial charge in [-0.3, -0.25) is 9.59 Å². The van der Waals surface area contributed by atoms with Crippen LogP contribution in [0.3, 0.4) is 0 Å². The van der Waals surface area contributed by atoms with Crippen molar-refractivity contribution >= 4 is 27.8 Å². The van der Waals surface area contributed by atoms with Gasteiger partial charge in [0.2, 0.25) is 0 Å². The lowest BCUT2D eigenvalue weighted by molar-refractivity contribution is -0.137. The number of carbonyl (C=O) groups excluding carboxylic acids is 1. The molecule has 5 nitrogen and oxygen atoms in total. The number of carboxylic acid groups (broad SMARTS) is 1. The summed E-state index contributed by atoms with van der Waals surface area (Å²) in [5.41, 5.74) is 0.460. The second kappa shape index (κ2) is 7.13. The minimum absolute atomic E-state index is 0.0273. The fourth-order valence-electron chi connectivity index (χ4n) is 1.54. The standard InChI is InChI=1S/C13H16BrNO4/c1-8(5-12(16)17)7-15-13(18)10-6-9(19-2)3-4-11(10)14/h3-4,6,8H,5,7H2,1-2H3,(H,15,18)(H,16,17). The molecule has 0 aromatic heterocycles. The number of amides is 1. The highest BCUT2D eigenvalue weighted by molar-refractivity contribution is 9.10. The fraction of sp³-hybridized carbons (Fsp3) is 0.385. The van der Waals surface area contributed by atoms with Gasteiger partial charge in [-0.05, 0) is 40.0 Å². The second-order valence-corrected chi connectivity index (χ2v) is 5.11. The average molecular weight is 330 g/mol. The van der Waals surface area contributed by atoms with Gasteiger partial charge >= 0.3 is 5.97 Å². The molecule has 1 unspecified atom stereocenters. The lowest BCUT2D eigenvalue weighted by atomic mass is 10.1. The maximum atomic E-state index is 12.0. The summed E-state index contributed by atoms with van der Waals surface area (Å²) in [4.78, 5) is 22.5. The predicted octanol–water partition coefficient (Wildman–Crippen LogP) is 2.30. The monoisotopic (exact) mass is 329 g/mol. The third-order valence-electron chi connectivity index (χ3n) is 2.55. The SMILES string of the molecule is COc1ccc(Br)c(C(=O)NCC(C)CC(=O)O)c1. The van der Waals surface area contributed by atoms with Crippen LogP contribution in [-0.4, -0.2) is 30.6 Å². The lowest BCUT2D eigenvalue weighted by Gasteiger charge is -2.12. The minimum atomic E-state index is -0.871. The summed E-state index contributed by atoms with van der Waals surface area (Å²) in [6, 6.07) is 5.10. The summed E-state index contributed by atoms with van der Waals surface area (Å²) in [5, 5.41) is 11.4. The number of carbonyl (C=O) groups is 2. The first kappa shape index (κ1) is 15.5. The molecule has 1 amide bonds. The largest absolute Gasteiger partial charge is 0.497 e. The average Bonchev–Trinajstić information content (AvgIpc) is 2.35. The number of rotatable bonds is 6. The van der Waals surface area contributed by atoms with E-state index in [2.05, 4.69) is 21.2 Å². The van der Waals surface area contributed by atoms with Crippen LogP contribution in [0.25, 0.3) is 0 Å².